The van der Waals surface area contributed by atoms with Crippen molar-refractivity contribution in [1.82, 2.24) is 5.43 Å². The molecule has 1 amide bonds. The number of thiophene rings is 1. The van der Waals surface area contributed by atoms with Crippen LogP contribution in [0.5, 0.6) is 0 Å². The van der Waals surface area contributed by atoms with E-state index in [2.05, 4.69) is 10.5 Å². The molecule has 1 heterocycles. The third kappa shape index (κ3) is 3.35. The van der Waals surface area contributed by atoms with Crippen molar-refractivity contribution in [3.63, 3.8) is 0 Å². The number of nitrogens with one attached hydrogen (secondary N) is 1. The third-order valence-corrected chi connectivity index (χ3v) is 5.43. The van der Waals surface area contributed by atoms with Gasteiger partial charge in [-0.3, -0.25) is 4.79 Å². The van der Waals surface area contributed by atoms with Crippen LogP contribution in [-0.4, -0.2) is 11.6 Å². The fraction of sp³-hybridized carbons (Fsp3) is 0.158. The average Bonchev–Trinajstić information content (AvgIpc) is 2.94. The van der Waals surface area contributed by atoms with Gasteiger partial charge in [-0.25, -0.2) is 5.43 Å². The molecule has 0 saturated heterocycles. The van der Waals surface area contributed by atoms with E-state index in [1.807, 2.05) is 62.4 Å². The summed E-state index contributed by atoms with van der Waals surface area (Å²) in [5.41, 5.74) is 5.67. The minimum Gasteiger partial charge on any atom is -0.266 e. The highest BCUT2D eigenvalue weighted by Gasteiger charge is 2.16. The molecule has 0 aliphatic heterocycles. The van der Waals surface area contributed by atoms with Crippen LogP contribution < -0.4 is 5.43 Å². The highest BCUT2D eigenvalue weighted by Crippen LogP contribution is 2.34. The molecule has 24 heavy (non-hydrogen) atoms. The van der Waals surface area contributed by atoms with E-state index in [0.29, 0.717) is 9.90 Å². The summed E-state index contributed by atoms with van der Waals surface area (Å²) in [7, 11) is 0. The first-order valence-corrected chi connectivity index (χ1v) is 8.90. The number of carbonyl (C=O) groups is 1. The Morgan fingerprint density at radius 1 is 1.17 bits per heavy atom. The Morgan fingerprint density at radius 3 is 2.54 bits per heavy atom. The summed E-state index contributed by atoms with van der Waals surface area (Å²) in [4.78, 5) is 12.9. The summed E-state index contributed by atoms with van der Waals surface area (Å²) in [6.07, 6.45) is 0.726. The van der Waals surface area contributed by atoms with Gasteiger partial charge in [0.1, 0.15) is 4.88 Å². The molecule has 3 rings (SSSR count). The smallest absolute Gasteiger partial charge is 0.266 e. The van der Waals surface area contributed by atoms with Crippen LogP contribution in [0.25, 0.3) is 10.1 Å². The highest BCUT2D eigenvalue weighted by atomic mass is 35.5. The second kappa shape index (κ2) is 7.16. The molecule has 122 valence electrons. The van der Waals surface area contributed by atoms with Crippen molar-refractivity contribution in [2.45, 2.75) is 20.3 Å². The van der Waals surface area contributed by atoms with Gasteiger partial charge in [0.15, 0.2) is 0 Å². The van der Waals surface area contributed by atoms with E-state index in [0.717, 1.165) is 27.8 Å². The van der Waals surface area contributed by atoms with Gasteiger partial charge in [0.2, 0.25) is 0 Å². The molecule has 0 atom stereocenters. The summed E-state index contributed by atoms with van der Waals surface area (Å²) >= 11 is 7.71. The predicted octanol–water partition coefficient (Wildman–Crippen LogP) is 5.41. The number of halogens is 1. The zero-order valence-corrected chi connectivity index (χ0v) is 15.0. The summed E-state index contributed by atoms with van der Waals surface area (Å²) in [6, 6.07) is 15.8. The Hall–Kier alpha value is -2.17. The standard InChI is InChI=1S/C19H17ClN2OS/c1-3-15(13-10-8-12(2)9-11-13)21-22-19(23)18-17(20)14-6-4-5-7-16(14)24-18/h4-11H,3H2,1-2H3,(H,22,23). The van der Waals surface area contributed by atoms with Crippen molar-refractivity contribution >= 4 is 44.6 Å². The number of rotatable bonds is 4. The number of aryl methyl sites for hydroxylation is 1. The Morgan fingerprint density at radius 2 is 1.88 bits per heavy atom. The van der Waals surface area contributed by atoms with Crippen molar-refractivity contribution in [3.05, 3.63) is 69.6 Å². The van der Waals surface area contributed by atoms with Gasteiger partial charge in [0.05, 0.1) is 10.7 Å². The van der Waals surface area contributed by atoms with Crippen LogP contribution in [0.15, 0.2) is 53.6 Å². The van der Waals surface area contributed by atoms with Crippen molar-refractivity contribution in [2.75, 3.05) is 0 Å². The Bertz CT molecular complexity index is 913. The van der Waals surface area contributed by atoms with Crippen LogP contribution in [0.3, 0.4) is 0 Å². The minimum absolute atomic E-state index is 0.278. The monoisotopic (exact) mass is 356 g/mol. The number of fused-ring (bicyclic) bond motifs is 1. The second-order valence-corrected chi connectivity index (χ2v) is 6.89. The molecule has 0 saturated carbocycles. The van der Waals surface area contributed by atoms with Gasteiger partial charge >= 0.3 is 0 Å². The first kappa shape index (κ1) is 16.7. The lowest BCUT2D eigenvalue weighted by atomic mass is 10.1. The summed E-state index contributed by atoms with van der Waals surface area (Å²) < 4.78 is 0.992. The first-order chi connectivity index (χ1) is 11.6. The van der Waals surface area contributed by atoms with Crippen molar-refractivity contribution in [3.8, 4) is 0 Å². The van der Waals surface area contributed by atoms with Crippen LogP contribution in [0.4, 0.5) is 0 Å². The molecule has 1 aromatic heterocycles. The lowest BCUT2D eigenvalue weighted by molar-refractivity contribution is 0.0959. The number of benzene rings is 2. The number of hydrogen-bond acceptors (Lipinski definition) is 3. The molecule has 0 fully saturated rings. The third-order valence-electron chi connectivity index (χ3n) is 3.75. The summed E-state index contributed by atoms with van der Waals surface area (Å²) in [6.45, 7) is 4.05. The molecule has 1 N–H and O–H groups in total. The molecule has 0 bridgehead atoms. The second-order valence-electron chi connectivity index (χ2n) is 5.46. The van der Waals surface area contributed by atoms with E-state index in [1.165, 1.54) is 16.9 Å². The molecular formula is C19H17ClN2OS. The molecular weight excluding hydrogens is 340 g/mol. The number of amides is 1. The molecule has 0 aliphatic rings. The number of nitrogens with zero attached hydrogens (tertiary/aromatic N) is 1. The normalized spacial score (nSPS) is 11.7. The fourth-order valence-corrected chi connectivity index (χ4v) is 3.83. The highest BCUT2D eigenvalue weighted by molar-refractivity contribution is 7.21. The van der Waals surface area contributed by atoms with Crippen LogP contribution >= 0.6 is 22.9 Å². The molecule has 3 aromatic rings. The van der Waals surface area contributed by atoms with Gasteiger partial charge in [0.25, 0.3) is 5.91 Å². The van der Waals surface area contributed by atoms with E-state index in [1.54, 1.807) is 0 Å². The molecule has 0 unspecified atom stereocenters. The quantitative estimate of drug-likeness (QED) is 0.493. The topological polar surface area (TPSA) is 41.5 Å². The lowest BCUT2D eigenvalue weighted by Crippen LogP contribution is -2.19. The Balaban J connectivity index is 1.84. The van der Waals surface area contributed by atoms with Crippen LogP contribution in [0.2, 0.25) is 5.02 Å². The summed E-state index contributed by atoms with van der Waals surface area (Å²) in [5, 5.41) is 5.67. The zero-order valence-electron chi connectivity index (χ0n) is 13.5. The predicted molar refractivity (Wildman–Crippen MR) is 102 cm³/mol. The first-order valence-electron chi connectivity index (χ1n) is 7.71. The molecule has 0 radical (unpaired) electrons. The average molecular weight is 357 g/mol. The maximum Gasteiger partial charge on any atom is 0.283 e. The largest absolute Gasteiger partial charge is 0.283 e. The SMILES string of the molecule is CCC(=NNC(=O)c1sc2ccccc2c1Cl)c1ccc(C)cc1. The van der Waals surface area contributed by atoms with Crippen LogP contribution in [0.1, 0.15) is 34.1 Å². The van der Waals surface area contributed by atoms with Gasteiger partial charge in [-0.2, -0.15) is 5.10 Å². The van der Waals surface area contributed by atoms with Gasteiger partial charge < -0.3 is 0 Å². The van der Waals surface area contributed by atoms with Crippen molar-refractivity contribution < 1.29 is 4.79 Å². The van der Waals surface area contributed by atoms with Gasteiger partial charge in [-0.05, 0) is 25.0 Å². The minimum atomic E-state index is -0.278. The van der Waals surface area contributed by atoms with Crippen molar-refractivity contribution in [1.29, 1.82) is 0 Å². The fourth-order valence-electron chi connectivity index (χ4n) is 2.42. The Kier molecular flexibility index (Phi) is 4.97. The van der Waals surface area contributed by atoms with E-state index >= 15 is 0 Å². The van der Waals surface area contributed by atoms with Gasteiger partial charge in [0, 0.05) is 10.1 Å². The molecule has 0 spiro atoms. The molecule has 0 aliphatic carbocycles. The summed E-state index contributed by atoms with van der Waals surface area (Å²) in [5.74, 6) is -0.278. The van der Waals surface area contributed by atoms with Crippen LogP contribution in [0, 0.1) is 6.92 Å². The maximum atomic E-state index is 12.4. The number of hydrogen-bond donors (Lipinski definition) is 1. The molecule has 5 heteroatoms. The van der Waals surface area contributed by atoms with Gasteiger partial charge in [-0.1, -0.05) is 66.6 Å². The maximum absolute atomic E-state index is 12.4. The zero-order chi connectivity index (χ0) is 17.1. The van der Waals surface area contributed by atoms with Crippen molar-refractivity contribution in [2.24, 2.45) is 5.10 Å². The molecule has 2 aromatic carbocycles. The number of hydrazone groups is 1. The van der Waals surface area contributed by atoms with E-state index < -0.39 is 0 Å². The lowest BCUT2D eigenvalue weighted by Gasteiger charge is -2.05. The van der Waals surface area contributed by atoms with Gasteiger partial charge in [-0.15, -0.1) is 11.3 Å². The molecule has 3 nitrogen and oxygen atoms in total. The van der Waals surface area contributed by atoms with Crippen LogP contribution in [-0.2, 0) is 0 Å². The Labute approximate surface area is 150 Å². The van der Waals surface area contributed by atoms with E-state index in [-0.39, 0.29) is 5.91 Å². The number of carbonyl (C=O) groups excluding carboxylic acids is 1. The van der Waals surface area contributed by atoms with E-state index in [4.69, 9.17) is 11.6 Å². The van der Waals surface area contributed by atoms with E-state index in [9.17, 15) is 4.79 Å².